The molecule has 0 aliphatic carbocycles. The van der Waals surface area contributed by atoms with Gasteiger partial charge in [0.25, 0.3) is 0 Å². The number of nitrogens with zero attached hydrogens (tertiary/aromatic N) is 1. The number of ether oxygens (including phenoxy) is 1. The van der Waals surface area contributed by atoms with Crippen molar-refractivity contribution >= 4 is 5.97 Å². The quantitative estimate of drug-likeness (QED) is 0.756. The average molecular weight is 227 g/mol. The zero-order valence-electron chi connectivity index (χ0n) is 9.59. The maximum Gasteiger partial charge on any atom is 0.338 e. The molecule has 0 fully saturated rings. The summed E-state index contributed by atoms with van der Waals surface area (Å²) < 4.78 is 4.76. The van der Waals surface area contributed by atoms with Crippen molar-refractivity contribution in [1.82, 2.24) is 4.98 Å². The minimum atomic E-state index is -0.301. The Hall–Kier alpha value is -2.16. The van der Waals surface area contributed by atoms with Gasteiger partial charge in [0.2, 0.25) is 0 Å². The van der Waals surface area contributed by atoms with Gasteiger partial charge in [-0.25, -0.2) is 4.79 Å². The normalized spacial score (nSPS) is 9.94. The van der Waals surface area contributed by atoms with E-state index < -0.39 is 0 Å². The van der Waals surface area contributed by atoms with Gasteiger partial charge >= 0.3 is 5.97 Å². The third kappa shape index (κ3) is 2.69. The lowest BCUT2D eigenvalue weighted by atomic mass is 10.0. The monoisotopic (exact) mass is 227 g/mol. The number of carbonyl (C=O) groups excluding carboxylic acids is 1. The van der Waals surface area contributed by atoms with Crippen LogP contribution in [-0.2, 0) is 11.2 Å². The number of aromatic nitrogens is 1. The van der Waals surface area contributed by atoms with Gasteiger partial charge in [-0.15, -0.1) is 0 Å². The highest BCUT2D eigenvalue weighted by molar-refractivity contribution is 5.91. The molecule has 0 bridgehead atoms. The molecule has 0 unspecified atom stereocenters. The second kappa shape index (κ2) is 5.25. The number of hydrogen-bond donors (Lipinski definition) is 0. The molecule has 2 aromatic rings. The van der Waals surface area contributed by atoms with E-state index in [9.17, 15) is 4.79 Å². The summed E-state index contributed by atoms with van der Waals surface area (Å²) in [6.07, 6.45) is 4.21. The predicted octanol–water partition coefficient (Wildman–Crippen LogP) is 2.46. The maximum atomic E-state index is 11.6. The molecule has 3 heteroatoms. The van der Waals surface area contributed by atoms with Gasteiger partial charge in [-0.3, -0.25) is 4.98 Å². The van der Waals surface area contributed by atoms with Crippen molar-refractivity contribution in [2.24, 2.45) is 0 Å². The van der Waals surface area contributed by atoms with E-state index in [0.29, 0.717) is 12.0 Å². The van der Waals surface area contributed by atoms with Crippen LogP contribution in [0.5, 0.6) is 0 Å². The molecule has 0 aliphatic heterocycles. The summed E-state index contributed by atoms with van der Waals surface area (Å²) in [5.74, 6) is -0.301. The van der Waals surface area contributed by atoms with Gasteiger partial charge < -0.3 is 4.74 Å². The lowest BCUT2D eigenvalue weighted by Gasteiger charge is -2.07. The molecule has 86 valence electrons. The van der Waals surface area contributed by atoms with Crippen molar-refractivity contribution in [2.75, 3.05) is 7.11 Å². The molecule has 0 radical (unpaired) electrons. The first-order valence-electron chi connectivity index (χ1n) is 5.36. The zero-order chi connectivity index (χ0) is 12.1. The van der Waals surface area contributed by atoms with Gasteiger partial charge in [0.05, 0.1) is 12.7 Å². The molecule has 1 aromatic carbocycles. The van der Waals surface area contributed by atoms with Crippen LogP contribution in [0, 0.1) is 0 Å². The van der Waals surface area contributed by atoms with Crippen LogP contribution in [0.1, 0.15) is 21.5 Å². The first kappa shape index (κ1) is 11.3. The zero-order valence-corrected chi connectivity index (χ0v) is 9.59. The van der Waals surface area contributed by atoms with Crippen LogP contribution in [0.2, 0.25) is 0 Å². The summed E-state index contributed by atoms with van der Waals surface area (Å²) >= 11 is 0. The van der Waals surface area contributed by atoms with Crippen LogP contribution < -0.4 is 0 Å². The largest absolute Gasteiger partial charge is 0.465 e. The summed E-state index contributed by atoms with van der Waals surface area (Å²) in [5, 5.41) is 0. The molecule has 0 amide bonds. The number of carbonyl (C=O) groups is 1. The first-order chi connectivity index (χ1) is 8.31. The SMILES string of the molecule is COC(=O)c1ccccc1Cc1cccnc1. The van der Waals surface area contributed by atoms with Crippen molar-refractivity contribution in [2.45, 2.75) is 6.42 Å². The summed E-state index contributed by atoms with van der Waals surface area (Å²) in [5.41, 5.74) is 2.63. The number of rotatable bonds is 3. The maximum absolute atomic E-state index is 11.6. The summed E-state index contributed by atoms with van der Waals surface area (Å²) in [6, 6.07) is 11.3. The fraction of sp³-hybridized carbons (Fsp3) is 0.143. The summed E-state index contributed by atoms with van der Waals surface area (Å²) in [4.78, 5) is 15.6. The van der Waals surface area contributed by atoms with Crippen molar-refractivity contribution in [3.05, 3.63) is 65.5 Å². The van der Waals surface area contributed by atoms with E-state index in [1.165, 1.54) is 7.11 Å². The third-order valence-corrected chi connectivity index (χ3v) is 2.54. The standard InChI is InChI=1S/C14H13NO2/c1-17-14(16)13-7-3-2-6-12(13)9-11-5-4-8-15-10-11/h2-8,10H,9H2,1H3. The Labute approximate surface area is 100 Å². The molecule has 1 heterocycles. The third-order valence-electron chi connectivity index (χ3n) is 2.54. The number of esters is 1. The van der Waals surface area contributed by atoms with Crippen molar-refractivity contribution < 1.29 is 9.53 Å². The molecule has 3 nitrogen and oxygen atoms in total. The van der Waals surface area contributed by atoms with E-state index >= 15 is 0 Å². The Morgan fingerprint density at radius 1 is 1.24 bits per heavy atom. The number of pyridine rings is 1. The molecule has 0 spiro atoms. The first-order valence-corrected chi connectivity index (χ1v) is 5.36. The molecule has 2 rings (SSSR count). The number of hydrogen-bond acceptors (Lipinski definition) is 3. The molecule has 0 N–H and O–H groups in total. The number of methoxy groups -OCH3 is 1. The van der Waals surface area contributed by atoms with Crippen LogP contribution in [0.4, 0.5) is 0 Å². The highest BCUT2D eigenvalue weighted by Gasteiger charge is 2.10. The van der Waals surface area contributed by atoms with Crippen LogP contribution >= 0.6 is 0 Å². The van der Waals surface area contributed by atoms with E-state index in [1.54, 1.807) is 18.5 Å². The van der Waals surface area contributed by atoms with Crippen LogP contribution in [0.3, 0.4) is 0 Å². The molecule has 0 atom stereocenters. The second-order valence-electron chi connectivity index (χ2n) is 3.69. The Bertz CT molecular complexity index is 509. The van der Waals surface area contributed by atoms with Gasteiger partial charge in [-0.1, -0.05) is 24.3 Å². The van der Waals surface area contributed by atoms with Crippen molar-refractivity contribution in [1.29, 1.82) is 0 Å². The lowest BCUT2D eigenvalue weighted by Crippen LogP contribution is -2.05. The van der Waals surface area contributed by atoms with E-state index in [2.05, 4.69) is 4.98 Å². The Morgan fingerprint density at radius 2 is 2.06 bits per heavy atom. The number of benzene rings is 1. The average Bonchev–Trinajstić information content (AvgIpc) is 2.40. The van der Waals surface area contributed by atoms with Gasteiger partial charge in [0.15, 0.2) is 0 Å². The molecule has 0 saturated carbocycles. The molecule has 0 aliphatic rings. The van der Waals surface area contributed by atoms with Gasteiger partial charge in [0.1, 0.15) is 0 Å². The van der Waals surface area contributed by atoms with E-state index in [-0.39, 0.29) is 5.97 Å². The molecule has 0 saturated heterocycles. The highest BCUT2D eigenvalue weighted by Crippen LogP contribution is 2.14. The van der Waals surface area contributed by atoms with Crippen LogP contribution in [-0.4, -0.2) is 18.1 Å². The second-order valence-corrected chi connectivity index (χ2v) is 3.69. The van der Waals surface area contributed by atoms with Crippen molar-refractivity contribution in [3.63, 3.8) is 0 Å². The summed E-state index contributed by atoms with van der Waals surface area (Å²) in [6.45, 7) is 0. The van der Waals surface area contributed by atoms with Gasteiger partial charge in [-0.2, -0.15) is 0 Å². The van der Waals surface area contributed by atoms with Gasteiger partial charge in [-0.05, 0) is 29.7 Å². The predicted molar refractivity (Wildman–Crippen MR) is 64.8 cm³/mol. The fourth-order valence-corrected chi connectivity index (χ4v) is 1.71. The van der Waals surface area contributed by atoms with Crippen molar-refractivity contribution in [3.8, 4) is 0 Å². The van der Waals surface area contributed by atoms with E-state index in [0.717, 1.165) is 11.1 Å². The lowest BCUT2D eigenvalue weighted by molar-refractivity contribution is 0.0599. The molecular formula is C14H13NO2. The molecule has 1 aromatic heterocycles. The Kier molecular flexibility index (Phi) is 3.50. The Balaban J connectivity index is 2.30. The van der Waals surface area contributed by atoms with Gasteiger partial charge in [0, 0.05) is 12.4 Å². The highest BCUT2D eigenvalue weighted by atomic mass is 16.5. The van der Waals surface area contributed by atoms with E-state index in [4.69, 9.17) is 4.74 Å². The minimum absolute atomic E-state index is 0.301. The van der Waals surface area contributed by atoms with Crippen LogP contribution in [0.25, 0.3) is 0 Å². The summed E-state index contributed by atoms with van der Waals surface area (Å²) in [7, 11) is 1.39. The minimum Gasteiger partial charge on any atom is -0.465 e. The molecule has 17 heavy (non-hydrogen) atoms. The van der Waals surface area contributed by atoms with E-state index in [1.807, 2.05) is 30.3 Å². The topological polar surface area (TPSA) is 39.2 Å². The van der Waals surface area contributed by atoms with Crippen LogP contribution in [0.15, 0.2) is 48.8 Å². The fourth-order valence-electron chi connectivity index (χ4n) is 1.71. The molecular weight excluding hydrogens is 214 g/mol. The smallest absolute Gasteiger partial charge is 0.338 e. The Morgan fingerprint density at radius 3 is 2.76 bits per heavy atom.